The van der Waals surface area contributed by atoms with Gasteiger partial charge in [0.05, 0.1) is 30.2 Å². The number of nitrogens with zero attached hydrogens (tertiary/aromatic N) is 3. The molecular weight excluding hydrogens is 499 g/mol. The van der Waals surface area contributed by atoms with Gasteiger partial charge in [0.25, 0.3) is 5.91 Å². The molecule has 11 heteroatoms. The molecule has 2 N–H and O–H groups in total. The van der Waals surface area contributed by atoms with E-state index in [0.717, 1.165) is 13.1 Å². The zero-order valence-electron chi connectivity index (χ0n) is 20.5. The molecule has 37 heavy (non-hydrogen) atoms. The fourth-order valence-electron chi connectivity index (χ4n) is 4.94. The number of morpholine rings is 1. The Balaban J connectivity index is 1.43. The monoisotopic (exact) mass is 528 g/mol. The molecule has 5 rings (SSSR count). The van der Waals surface area contributed by atoms with Crippen LogP contribution in [0.3, 0.4) is 0 Å². The summed E-state index contributed by atoms with van der Waals surface area (Å²) in [4.78, 5) is 21.2. The Morgan fingerprint density at radius 2 is 1.92 bits per heavy atom. The Morgan fingerprint density at radius 1 is 1.19 bits per heavy atom. The fourth-order valence-corrected chi connectivity index (χ4v) is 6.24. The summed E-state index contributed by atoms with van der Waals surface area (Å²) < 4.78 is 47.9. The van der Waals surface area contributed by atoms with Crippen molar-refractivity contribution in [3.05, 3.63) is 65.1 Å². The molecule has 1 unspecified atom stereocenters. The second-order valence-corrected chi connectivity index (χ2v) is 11.3. The highest BCUT2D eigenvalue weighted by molar-refractivity contribution is 7.92. The smallest absolute Gasteiger partial charge is 0.258 e. The molecule has 196 valence electrons. The summed E-state index contributed by atoms with van der Waals surface area (Å²) >= 11 is 0. The Hall–Kier alpha value is -3.28. The number of nitrogens with one attached hydrogen (secondary N) is 1. The van der Waals surface area contributed by atoms with Crippen LogP contribution in [0.4, 0.5) is 10.1 Å². The van der Waals surface area contributed by atoms with Gasteiger partial charge in [-0.05, 0) is 43.2 Å². The minimum absolute atomic E-state index is 0.0349. The van der Waals surface area contributed by atoms with E-state index in [4.69, 9.17) is 4.74 Å². The number of carbonyl (C=O) groups is 1. The second kappa shape index (κ2) is 10.2. The van der Waals surface area contributed by atoms with Crippen LogP contribution in [0.2, 0.25) is 0 Å². The van der Waals surface area contributed by atoms with Crippen LogP contribution in [0.25, 0.3) is 10.9 Å². The number of aromatic nitrogens is 1. The molecular formula is C26H29FN4O5S. The molecule has 2 aliphatic heterocycles. The number of carbonyl (C=O) groups excluding carboxylic acids is 1. The van der Waals surface area contributed by atoms with Gasteiger partial charge < -0.3 is 14.7 Å². The number of hydrogen-bond acceptors (Lipinski definition) is 7. The number of pyridine rings is 1. The van der Waals surface area contributed by atoms with E-state index < -0.39 is 15.9 Å². The van der Waals surface area contributed by atoms with E-state index in [1.165, 1.54) is 23.2 Å². The van der Waals surface area contributed by atoms with Gasteiger partial charge in [0.1, 0.15) is 11.3 Å². The highest BCUT2D eigenvalue weighted by Gasteiger charge is 2.36. The molecule has 1 atom stereocenters. The van der Waals surface area contributed by atoms with Crippen molar-refractivity contribution in [3.8, 4) is 5.75 Å². The van der Waals surface area contributed by atoms with E-state index in [1.807, 2.05) is 6.92 Å². The molecule has 0 spiro atoms. The third kappa shape index (κ3) is 5.25. The Bertz CT molecular complexity index is 1430. The van der Waals surface area contributed by atoms with Crippen LogP contribution in [0, 0.1) is 5.82 Å². The number of anilines is 1. The first-order valence-corrected chi connectivity index (χ1v) is 13.9. The molecule has 9 nitrogen and oxygen atoms in total. The van der Waals surface area contributed by atoms with Crippen molar-refractivity contribution >= 4 is 32.5 Å². The summed E-state index contributed by atoms with van der Waals surface area (Å²) in [5, 5.41) is 11.4. The number of ether oxygens (including phenoxy) is 1. The van der Waals surface area contributed by atoms with E-state index in [1.54, 1.807) is 24.3 Å². The molecule has 2 aliphatic rings. The number of hydrogen-bond donors (Lipinski definition) is 2. The molecule has 2 aromatic carbocycles. The number of halogens is 1. The van der Waals surface area contributed by atoms with Crippen LogP contribution in [-0.2, 0) is 27.8 Å². The summed E-state index contributed by atoms with van der Waals surface area (Å²) in [6, 6.07) is 9.19. The lowest BCUT2D eigenvalue weighted by Gasteiger charge is -2.32. The van der Waals surface area contributed by atoms with Crippen molar-refractivity contribution in [2.45, 2.75) is 32.5 Å². The first-order chi connectivity index (χ1) is 17.7. The third-order valence-electron chi connectivity index (χ3n) is 7.01. The molecule has 1 aromatic heterocycles. The van der Waals surface area contributed by atoms with Gasteiger partial charge in [-0.15, -0.1) is 0 Å². The van der Waals surface area contributed by atoms with Crippen LogP contribution in [0.15, 0.2) is 42.6 Å². The third-order valence-corrected chi connectivity index (χ3v) is 8.30. The predicted molar refractivity (Wildman–Crippen MR) is 137 cm³/mol. The summed E-state index contributed by atoms with van der Waals surface area (Å²) in [6.07, 6.45) is 1.91. The van der Waals surface area contributed by atoms with E-state index in [0.29, 0.717) is 36.1 Å². The van der Waals surface area contributed by atoms with Crippen LogP contribution >= 0.6 is 0 Å². The van der Waals surface area contributed by atoms with Gasteiger partial charge in [-0.3, -0.25) is 19.4 Å². The average molecular weight is 529 g/mol. The first-order valence-electron chi connectivity index (χ1n) is 12.2. The number of benzene rings is 2. The summed E-state index contributed by atoms with van der Waals surface area (Å²) in [7, 11) is -3.78. The minimum Gasteiger partial charge on any atom is -0.505 e. The lowest BCUT2D eigenvalue weighted by atomic mass is 10.0. The highest BCUT2D eigenvalue weighted by Crippen LogP contribution is 2.43. The van der Waals surface area contributed by atoms with E-state index >= 15 is 0 Å². The van der Waals surface area contributed by atoms with Crippen molar-refractivity contribution in [1.82, 2.24) is 14.8 Å². The molecule has 1 amide bonds. The van der Waals surface area contributed by atoms with Crippen molar-refractivity contribution < 1.29 is 27.4 Å². The van der Waals surface area contributed by atoms with Crippen molar-refractivity contribution in [3.63, 3.8) is 0 Å². The van der Waals surface area contributed by atoms with Crippen LogP contribution in [0.5, 0.6) is 5.75 Å². The number of sulfonamides is 1. The largest absolute Gasteiger partial charge is 0.505 e. The first kappa shape index (κ1) is 25.4. The van der Waals surface area contributed by atoms with Crippen LogP contribution < -0.4 is 4.72 Å². The lowest BCUT2D eigenvalue weighted by Crippen LogP contribution is -2.43. The average Bonchev–Trinajstić information content (AvgIpc) is 3.23. The van der Waals surface area contributed by atoms with E-state index in [-0.39, 0.29) is 53.2 Å². The SMILES string of the molecule is CC(CCS(=O)(=O)Nc1c2c(c(O)c3ncccc13)C(=O)N(Cc1ccc(F)cc1)C2)N1CCOCC1. The predicted octanol–water partition coefficient (Wildman–Crippen LogP) is 3.09. The standard InChI is InChI=1S/C26H29FN4O5S/c1-17(30-10-12-36-13-11-30)8-14-37(34,35)29-23-20-3-2-9-28-24(20)25(32)22-21(23)16-31(26(22)33)15-18-4-6-19(27)7-5-18/h2-7,9,17,29,32H,8,10-16H2,1H3. The maximum absolute atomic E-state index is 13.3. The number of phenolic OH excluding ortho intramolecular Hbond substituents is 1. The molecule has 1 saturated heterocycles. The van der Waals surface area contributed by atoms with E-state index in [2.05, 4.69) is 14.6 Å². The number of fused-ring (bicyclic) bond motifs is 2. The minimum atomic E-state index is -3.78. The quantitative estimate of drug-likeness (QED) is 0.432. The van der Waals surface area contributed by atoms with Gasteiger partial charge in [-0.25, -0.2) is 12.8 Å². The Labute approximate surface area is 214 Å². The maximum atomic E-state index is 13.3. The summed E-state index contributed by atoms with van der Waals surface area (Å²) in [5.74, 6) is -1.20. The van der Waals surface area contributed by atoms with Crippen molar-refractivity contribution in [2.75, 3.05) is 36.8 Å². The van der Waals surface area contributed by atoms with Gasteiger partial charge in [0.2, 0.25) is 10.0 Å². The number of rotatable bonds is 8. The normalized spacial score (nSPS) is 17.2. The second-order valence-electron chi connectivity index (χ2n) is 9.47. The Kier molecular flexibility index (Phi) is 7.02. The lowest BCUT2D eigenvalue weighted by molar-refractivity contribution is 0.0197. The van der Waals surface area contributed by atoms with Gasteiger partial charge in [-0.2, -0.15) is 0 Å². The molecule has 0 bridgehead atoms. The van der Waals surface area contributed by atoms with Gasteiger partial charge in [0, 0.05) is 49.4 Å². The van der Waals surface area contributed by atoms with Gasteiger partial charge in [-0.1, -0.05) is 12.1 Å². The zero-order valence-corrected chi connectivity index (χ0v) is 21.3. The van der Waals surface area contributed by atoms with Crippen molar-refractivity contribution in [1.29, 1.82) is 0 Å². The number of aromatic hydroxyl groups is 1. The molecule has 0 radical (unpaired) electrons. The topological polar surface area (TPSA) is 112 Å². The molecule has 0 aliphatic carbocycles. The van der Waals surface area contributed by atoms with Crippen LogP contribution in [0.1, 0.15) is 34.8 Å². The summed E-state index contributed by atoms with van der Waals surface area (Å²) in [5.41, 5.74) is 1.55. The molecule has 3 heterocycles. The zero-order chi connectivity index (χ0) is 26.2. The van der Waals surface area contributed by atoms with Gasteiger partial charge >= 0.3 is 0 Å². The molecule has 0 saturated carbocycles. The van der Waals surface area contributed by atoms with Gasteiger partial charge in [0.15, 0.2) is 5.75 Å². The number of amides is 1. The molecule has 1 fully saturated rings. The maximum Gasteiger partial charge on any atom is 0.258 e. The van der Waals surface area contributed by atoms with Crippen molar-refractivity contribution in [2.24, 2.45) is 0 Å². The molecule has 3 aromatic rings. The fraction of sp³-hybridized carbons (Fsp3) is 0.385. The Morgan fingerprint density at radius 3 is 2.65 bits per heavy atom. The number of phenols is 1. The summed E-state index contributed by atoms with van der Waals surface area (Å²) in [6.45, 7) is 5.08. The van der Waals surface area contributed by atoms with E-state index in [9.17, 15) is 22.7 Å². The van der Waals surface area contributed by atoms with Crippen LogP contribution in [-0.4, -0.2) is 72.3 Å². The highest BCUT2D eigenvalue weighted by atomic mass is 32.2.